The molecule has 3 aromatic heterocycles. The molecule has 1 aromatic carbocycles. The van der Waals surface area contributed by atoms with E-state index in [1.54, 1.807) is 22.7 Å². The van der Waals surface area contributed by atoms with E-state index in [1.165, 1.54) is 5.01 Å². The standard InChI is InChI=1S/C19H19N5OS2/c1-10-16(27-19(21-10)12-5-7-20-8-6-12)18-23-17(24-25-18)13-3-4-14-15(9-13)26-11(2)22-14/h3-4,9,12,20H,5-8H2,1-2H3. The second kappa shape index (κ2) is 6.78. The van der Waals surface area contributed by atoms with Crippen LogP contribution in [0.15, 0.2) is 22.7 Å². The predicted molar refractivity (Wildman–Crippen MR) is 108 cm³/mol. The van der Waals surface area contributed by atoms with Crippen LogP contribution in [0.5, 0.6) is 0 Å². The maximum absolute atomic E-state index is 5.59. The van der Waals surface area contributed by atoms with Gasteiger partial charge in [-0.1, -0.05) is 5.16 Å². The molecule has 0 unspecified atom stereocenters. The highest BCUT2D eigenvalue weighted by atomic mass is 32.1. The first-order valence-corrected chi connectivity index (χ1v) is 10.7. The molecule has 5 rings (SSSR count). The van der Waals surface area contributed by atoms with Crippen LogP contribution in [0.2, 0.25) is 0 Å². The lowest BCUT2D eigenvalue weighted by molar-refractivity contribution is 0.433. The average Bonchev–Trinajstić information content (AvgIpc) is 3.38. The van der Waals surface area contributed by atoms with Gasteiger partial charge in [0, 0.05) is 11.5 Å². The van der Waals surface area contributed by atoms with E-state index in [4.69, 9.17) is 9.51 Å². The van der Waals surface area contributed by atoms with Gasteiger partial charge >= 0.3 is 0 Å². The van der Waals surface area contributed by atoms with Crippen molar-refractivity contribution in [2.45, 2.75) is 32.6 Å². The zero-order valence-corrected chi connectivity index (χ0v) is 16.8. The second-order valence-electron chi connectivity index (χ2n) is 6.83. The lowest BCUT2D eigenvalue weighted by Crippen LogP contribution is -2.26. The monoisotopic (exact) mass is 397 g/mol. The number of thiazole rings is 2. The summed E-state index contributed by atoms with van der Waals surface area (Å²) in [7, 11) is 0. The Hall–Kier alpha value is -2.16. The summed E-state index contributed by atoms with van der Waals surface area (Å²) in [6.07, 6.45) is 2.27. The molecule has 1 aliphatic rings. The molecule has 8 heteroatoms. The van der Waals surface area contributed by atoms with E-state index in [-0.39, 0.29) is 0 Å². The van der Waals surface area contributed by atoms with Crippen LogP contribution in [-0.2, 0) is 0 Å². The summed E-state index contributed by atoms with van der Waals surface area (Å²) in [6.45, 7) is 6.15. The van der Waals surface area contributed by atoms with Crippen molar-refractivity contribution in [2.24, 2.45) is 0 Å². The first kappa shape index (κ1) is 17.0. The average molecular weight is 398 g/mol. The van der Waals surface area contributed by atoms with Gasteiger partial charge in [-0.15, -0.1) is 22.7 Å². The highest BCUT2D eigenvalue weighted by molar-refractivity contribution is 7.18. The van der Waals surface area contributed by atoms with E-state index in [0.29, 0.717) is 17.6 Å². The van der Waals surface area contributed by atoms with Gasteiger partial charge in [0.2, 0.25) is 5.82 Å². The van der Waals surface area contributed by atoms with Gasteiger partial charge in [-0.05, 0) is 58.0 Å². The third-order valence-electron chi connectivity index (χ3n) is 4.88. The summed E-state index contributed by atoms with van der Waals surface area (Å²) >= 11 is 3.37. The number of nitrogens with one attached hydrogen (secondary N) is 1. The van der Waals surface area contributed by atoms with Crippen LogP contribution in [0.4, 0.5) is 0 Å². The highest BCUT2D eigenvalue weighted by Gasteiger charge is 2.23. The summed E-state index contributed by atoms with van der Waals surface area (Å²) in [5.41, 5.74) is 2.93. The smallest absolute Gasteiger partial charge is 0.270 e. The number of piperidine rings is 1. The van der Waals surface area contributed by atoms with E-state index in [0.717, 1.165) is 57.3 Å². The van der Waals surface area contributed by atoms with E-state index < -0.39 is 0 Å². The van der Waals surface area contributed by atoms with Crippen molar-refractivity contribution in [3.05, 3.63) is 33.9 Å². The molecule has 0 radical (unpaired) electrons. The quantitative estimate of drug-likeness (QED) is 0.546. The Bertz CT molecular complexity index is 1110. The Kier molecular flexibility index (Phi) is 4.26. The Morgan fingerprint density at radius 3 is 2.78 bits per heavy atom. The number of hydrogen-bond acceptors (Lipinski definition) is 8. The van der Waals surface area contributed by atoms with Gasteiger partial charge in [0.15, 0.2) is 0 Å². The number of aromatic nitrogens is 4. The van der Waals surface area contributed by atoms with Crippen LogP contribution in [0.3, 0.4) is 0 Å². The maximum atomic E-state index is 5.59. The Labute approximate surface area is 164 Å². The third kappa shape index (κ3) is 3.18. The molecule has 1 saturated heterocycles. The molecule has 0 bridgehead atoms. The van der Waals surface area contributed by atoms with Crippen molar-refractivity contribution in [1.82, 2.24) is 25.4 Å². The van der Waals surface area contributed by atoms with Crippen molar-refractivity contribution < 1.29 is 4.52 Å². The third-order valence-corrected chi connectivity index (χ3v) is 7.12. The zero-order chi connectivity index (χ0) is 18.4. The molecule has 0 amide bonds. The largest absolute Gasteiger partial charge is 0.333 e. The molecule has 1 aliphatic heterocycles. The Morgan fingerprint density at radius 1 is 1.07 bits per heavy atom. The second-order valence-corrected chi connectivity index (χ2v) is 9.09. The molecule has 1 fully saturated rings. The molecule has 0 aliphatic carbocycles. The van der Waals surface area contributed by atoms with Gasteiger partial charge in [-0.2, -0.15) is 4.98 Å². The van der Waals surface area contributed by atoms with Gasteiger partial charge in [-0.25, -0.2) is 9.97 Å². The number of hydrogen-bond donors (Lipinski definition) is 1. The molecular weight excluding hydrogens is 378 g/mol. The molecule has 0 saturated carbocycles. The zero-order valence-electron chi connectivity index (χ0n) is 15.2. The summed E-state index contributed by atoms with van der Waals surface area (Å²) in [6, 6.07) is 6.09. The summed E-state index contributed by atoms with van der Waals surface area (Å²) in [5.74, 6) is 1.69. The predicted octanol–water partition coefficient (Wildman–Crippen LogP) is 4.55. The normalized spacial score (nSPS) is 15.6. The molecule has 0 atom stereocenters. The SMILES string of the molecule is Cc1nc2ccc(-c3noc(-c4sc(C5CCNCC5)nc4C)n3)cc2s1. The number of benzene rings is 1. The minimum atomic E-state index is 0.531. The van der Waals surface area contributed by atoms with Crippen molar-refractivity contribution in [2.75, 3.05) is 13.1 Å². The van der Waals surface area contributed by atoms with Crippen LogP contribution in [0, 0.1) is 13.8 Å². The van der Waals surface area contributed by atoms with Gasteiger partial charge in [0.05, 0.1) is 25.9 Å². The van der Waals surface area contributed by atoms with Crippen LogP contribution in [-0.4, -0.2) is 33.2 Å². The summed E-state index contributed by atoms with van der Waals surface area (Å²) < 4.78 is 6.73. The molecule has 27 heavy (non-hydrogen) atoms. The van der Waals surface area contributed by atoms with Crippen LogP contribution in [0.25, 0.3) is 32.4 Å². The Morgan fingerprint density at radius 2 is 1.93 bits per heavy atom. The minimum absolute atomic E-state index is 0.531. The molecule has 6 nitrogen and oxygen atoms in total. The van der Waals surface area contributed by atoms with Gasteiger partial charge in [0.25, 0.3) is 5.89 Å². The van der Waals surface area contributed by atoms with Gasteiger partial charge in [0.1, 0.15) is 4.88 Å². The fourth-order valence-electron chi connectivity index (χ4n) is 3.47. The van der Waals surface area contributed by atoms with E-state index in [1.807, 2.05) is 26.0 Å². The molecule has 138 valence electrons. The number of rotatable bonds is 3. The topological polar surface area (TPSA) is 76.7 Å². The number of fused-ring (bicyclic) bond motifs is 1. The molecular formula is C19H19N5OS2. The molecule has 1 N–H and O–H groups in total. The van der Waals surface area contributed by atoms with E-state index >= 15 is 0 Å². The van der Waals surface area contributed by atoms with Gasteiger partial charge < -0.3 is 9.84 Å². The lowest BCUT2D eigenvalue weighted by Gasteiger charge is -2.20. The molecule has 0 spiro atoms. The van der Waals surface area contributed by atoms with E-state index in [9.17, 15) is 0 Å². The lowest BCUT2D eigenvalue weighted by atomic mass is 9.99. The molecule has 4 aromatic rings. The maximum Gasteiger partial charge on any atom is 0.270 e. The first-order valence-electron chi connectivity index (χ1n) is 9.07. The van der Waals surface area contributed by atoms with E-state index in [2.05, 4.69) is 26.5 Å². The van der Waals surface area contributed by atoms with Crippen molar-refractivity contribution in [3.8, 4) is 22.2 Å². The number of nitrogens with zero attached hydrogens (tertiary/aromatic N) is 4. The highest BCUT2D eigenvalue weighted by Crippen LogP contribution is 2.36. The summed E-state index contributed by atoms with van der Waals surface area (Å²) in [4.78, 5) is 14.9. The number of aryl methyl sites for hydroxylation is 2. The fraction of sp³-hybridized carbons (Fsp3) is 0.368. The fourth-order valence-corrected chi connectivity index (χ4v) is 5.50. The van der Waals surface area contributed by atoms with Crippen LogP contribution >= 0.6 is 22.7 Å². The van der Waals surface area contributed by atoms with Crippen LogP contribution < -0.4 is 5.32 Å². The van der Waals surface area contributed by atoms with Crippen molar-refractivity contribution >= 4 is 32.9 Å². The minimum Gasteiger partial charge on any atom is -0.333 e. The summed E-state index contributed by atoms with van der Waals surface area (Å²) in [5, 5.41) is 9.85. The van der Waals surface area contributed by atoms with Crippen LogP contribution in [0.1, 0.15) is 34.5 Å². The molecule has 4 heterocycles. The van der Waals surface area contributed by atoms with Crippen molar-refractivity contribution in [1.29, 1.82) is 0 Å². The van der Waals surface area contributed by atoms with Crippen molar-refractivity contribution in [3.63, 3.8) is 0 Å². The first-order chi connectivity index (χ1) is 13.2. The van der Waals surface area contributed by atoms with Gasteiger partial charge in [-0.3, -0.25) is 0 Å². The Balaban J connectivity index is 1.46.